The summed E-state index contributed by atoms with van der Waals surface area (Å²) in [6.07, 6.45) is 1.70. The SMILES string of the molecule is Clc1nc2cc(Br)cnc2nc1-c1cccs1. The molecule has 0 aliphatic rings. The van der Waals surface area contributed by atoms with E-state index in [1.807, 2.05) is 23.6 Å². The Morgan fingerprint density at radius 1 is 1.29 bits per heavy atom. The Bertz CT molecular complexity index is 684. The van der Waals surface area contributed by atoms with Crippen molar-refractivity contribution in [2.75, 3.05) is 0 Å². The third-order valence-electron chi connectivity index (χ3n) is 2.20. The molecule has 3 rings (SSSR count). The van der Waals surface area contributed by atoms with Gasteiger partial charge in [-0.1, -0.05) is 17.7 Å². The van der Waals surface area contributed by atoms with Gasteiger partial charge in [0.25, 0.3) is 0 Å². The van der Waals surface area contributed by atoms with Gasteiger partial charge in [0.1, 0.15) is 11.2 Å². The molecule has 0 aliphatic heterocycles. The smallest absolute Gasteiger partial charge is 0.178 e. The molecule has 0 radical (unpaired) electrons. The Labute approximate surface area is 115 Å². The molecule has 3 heterocycles. The lowest BCUT2D eigenvalue weighted by Crippen LogP contribution is -1.92. The van der Waals surface area contributed by atoms with E-state index < -0.39 is 0 Å². The van der Waals surface area contributed by atoms with Crippen molar-refractivity contribution >= 4 is 50.0 Å². The van der Waals surface area contributed by atoms with Crippen molar-refractivity contribution in [3.8, 4) is 10.6 Å². The maximum Gasteiger partial charge on any atom is 0.178 e. The van der Waals surface area contributed by atoms with Crippen molar-refractivity contribution in [1.82, 2.24) is 15.0 Å². The minimum absolute atomic E-state index is 0.403. The predicted octanol–water partition coefficient (Wildman–Crippen LogP) is 4.17. The van der Waals surface area contributed by atoms with Crippen LogP contribution in [0.2, 0.25) is 5.15 Å². The number of nitrogens with zero attached hydrogens (tertiary/aromatic N) is 3. The maximum atomic E-state index is 6.14. The summed E-state index contributed by atoms with van der Waals surface area (Å²) >= 11 is 11.1. The highest BCUT2D eigenvalue weighted by Crippen LogP contribution is 2.29. The zero-order valence-electron chi connectivity index (χ0n) is 8.39. The first-order chi connectivity index (χ1) is 8.24. The summed E-state index contributed by atoms with van der Waals surface area (Å²) in [6.45, 7) is 0. The fourth-order valence-corrected chi connectivity index (χ4v) is 2.80. The maximum absolute atomic E-state index is 6.14. The van der Waals surface area contributed by atoms with E-state index in [1.165, 1.54) is 0 Å². The lowest BCUT2D eigenvalue weighted by Gasteiger charge is -2.02. The summed E-state index contributed by atoms with van der Waals surface area (Å²) in [5.74, 6) is 0. The van der Waals surface area contributed by atoms with Crippen molar-refractivity contribution in [3.63, 3.8) is 0 Å². The Morgan fingerprint density at radius 3 is 2.94 bits per heavy atom. The van der Waals surface area contributed by atoms with Crippen molar-refractivity contribution < 1.29 is 0 Å². The van der Waals surface area contributed by atoms with E-state index in [0.29, 0.717) is 22.0 Å². The first-order valence-corrected chi connectivity index (χ1v) is 6.82. The van der Waals surface area contributed by atoms with Crippen molar-refractivity contribution in [2.24, 2.45) is 0 Å². The third kappa shape index (κ3) is 2.06. The number of halogens is 2. The molecule has 0 saturated carbocycles. The molecule has 0 aliphatic carbocycles. The van der Waals surface area contributed by atoms with E-state index in [9.17, 15) is 0 Å². The normalized spacial score (nSPS) is 10.9. The first-order valence-electron chi connectivity index (χ1n) is 4.77. The molecule has 3 nitrogen and oxygen atoms in total. The summed E-state index contributed by atoms with van der Waals surface area (Å²) in [5, 5.41) is 2.38. The van der Waals surface area contributed by atoms with Gasteiger partial charge in [-0.3, -0.25) is 0 Å². The number of hydrogen-bond acceptors (Lipinski definition) is 4. The molecular formula is C11H5BrClN3S. The number of rotatable bonds is 1. The van der Waals surface area contributed by atoms with Crippen LogP contribution in [0.15, 0.2) is 34.2 Å². The molecular weight excluding hydrogens is 322 g/mol. The largest absolute Gasteiger partial charge is 0.234 e. The number of pyridine rings is 1. The van der Waals surface area contributed by atoms with Crippen LogP contribution in [0.5, 0.6) is 0 Å². The quantitative estimate of drug-likeness (QED) is 0.673. The fraction of sp³-hybridized carbons (Fsp3) is 0. The standard InChI is InChI=1S/C11H5BrClN3S/c12-6-4-7-11(14-5-6)16-9(10(13)15-7)8-2-1-3-17-8/h1-5H. The second-order valence-electron chi connectivity index (χ2n) is 3.34. The van der Waals surface area contributed by atoms with Gasteiger partial charge in [-0.25, -0.2) is 15.0 Å². The monoisotopic (exact) mass is 325 g/mol. The topological polar surface area (TPSA) is 38.7 Å². The summed E-state index contributed by atoms with van der Waals surface area (Å²) in [6, 6.07) is 5.77. The zero-order chi connectivity index (χ0) is 11.8. The van der Waals surface area contributed by atoms with Crippen LogP contribution >= 0.6 is 38.9 Å². The Morgan fingerprint density at radius 2 is 2.18 bits per heavy atom. The average Bonchev–Trinajstić information content (AvgIpc) is 2.81. The van der Waals surface area contributed by atoms with Crippen LogP contribution in [0.1, 0.15) is 0 Å². The number of hydrogen-bond donors (Lipinski definition) is 0. The van der Waals surface area contributed by atoms with E-state index in [1.54, 1.807) is 17.5 Å². The molecule has 0 bridgehead atoms. The molecule has 3 aromatic rings. The fourth-order valence-electron chi connectivity index (χ4n) is 1.47. The first kappa shape index (κ1) is 11.1. The van der Waals surface area contributed by atoms with E-state index in [0.717, 1.165) is 9.35 Å². The van der Waals surface area contributed by atoms with Gasteiger partial charge < -0.3 is 0 Å². The number of aromatic nitrogens is 3. The Kier molecular flexibility index (Phi) is 2.82. The van der Waals surface area contributed by atoms with Gasteiger partial charge in [-0.15, -0.1) is 11.3 Å². The van der Waals surface area contributed by atoms with Gasteiger partial charge in [0.05, 0.1) is 4.88 Å². The molecule has 17 heavy (non-hydrogen) atoms. The van der Waals surface area contributed by atoms with Crippen LogP contribution in [-0.2, 0) is 0 Å². The highest BCUT2D eigenvalue weighted by atomic mass is 79.9. The minimum atomic E-state index is 0.403. The Balaban J connectivity index is 2.28. The van der Waals surface area contributed by atoms with Gasteiger partial charge >= 0.3 is 0 Å². The molecule has 0 spiro atoms. The van der Waals surface area contributed by atoms with Crippen LogP contribution in [0, 0.1) is 0 Å². The van der Waals surface area contributed by atoms with Crippen LogP contribution in [0.3, 0.4) is 0 Å². The highest BCUT2D eigenvalue weighted by molar-refractivity contribution is 9.10. The molecule has 0 saturated heterocycles. The van der Waals surface area contributed by atoms with Crippen LogP contribution in [0.25, 0.3) is 21.7 Å². The second-order valence-corrected chi connectivity index (χ2v) is 5.56. The molecule has 3 aromatic heterocycles. The number of thiophene rings is 1. The molecule has 0 unspecified atom stereocenters. The van der Waals surface area contributed by atoms with Gasteiger partial charge in [0.2, 0.25) is 0 Å². The van der Waals surface area contributed by atoms with Crippen LogP contribution < -0.4 is 0 Å². The summed E-state index contributed by atoms with van der Waals surface area (Å²) < 4.78 is 0.860. The summed E-state index contributed by atoms with van der Waals surface area (Å²) in [4.78, 5) is 14.0. The molecule has 0 atom stereocenters. The Hall–Kier alpha value is -1.04. The van der Waals surface area contributed by atoms with Crippen LogP contribution in [-0.4, -0.2) is 15.0 Å². The van der Waals surface area contributed by atoms with E-state index in [4.69, 9.17) is 11.6 Å². The third-order valence-corrected chi connectivity index (χ3v) is 3.77. The lowest BCUT2D eigenvalue weighted by atomic mass is 10.3. The second kappa shape index (κ2) is 4.33. The molecule has 84 valence electrons. The molecule has 0 aromatic carbocycles. The van der Waals surface area contributed by atoms with Crippen molar-refractivity contribution in [1.29, 1.82) is 0 Å². The van der Waals surface area contributed by atoms with Gasteiger partial charge in [0.15, 0.2) is 10.8 Å². The number of fused-ring (bicyclic) bond motifs is 1. The average molecular weight is 327 g/mol. The van der Waals surface area contributed by atoms with Gasteiger partial charge in [0, 0.05) is 10.7 Å². The van der Waals surface area contributed by atoms with Gasteiger partial charge in [-0.2, -0.15) is 0 Å². The van der Waals surface area contributed by atoms with Crippen LogP contribution in [0.4, 0.5) is 0 Å². The molecule has 0 N–H and O–H groups in total. The van der Waals surface area contributed by atoms with E-state index in [2.05, 4.69) is 30.9 Å². The van der Waals surface area contributed by atoms with Crippen molar-refractivity contribution in [3.05, 3.63) is 39.4 Å². The summed E-state index contributed by atoms with van der Waals surface area (Å²) in [5.41, 5.74) is 1.97. The summed E-state index contributed by atoms with van der Waals surface area (Å²) in [7, 11) is 0. The highest BCUT2D eigenvalue weighted by Gasteiger charge is 2.10. The van der Waals surface area contributed by atoms with Crippen molar-refractivity contribution in [2.45, 2.75) is 0 Å². The van der Waals surface area contributed by atoms with Gasteiger partial charge in [-0.05, 0) is 33.4 Å². The lowest BCUT2D eigenvalue weighted by molar-refractivity contribution is 1.22. The minimum Gasteiger partial charge on any atom is -0.234 e. The molecule has 6 heteroatoms. The predicted molar refractivity (Wildman–Crippen MR) is 73.4 cm³/mol. The molecule has 0 amide bonds. The van der Waals surface area contributed by atoms with E-state index >= 15 is 0 Å². The molecule has 0 fully saturated rings. The zero-order valence-corrected chi connectivity index (χ0v) is 11.6. The van der Waals surface area contributed by atoms with E-state index in [-0.39, 0.29) is 0 Å².